The van der Waals surface area contributed by atoms with Crippen LogP contribution in [0.25, 0.3) is 0 Å². The maximum atomic E-state index is 13.2. The van der Waals surface area contributed by atoms with Crippen LogP contribution in [0.3, 0.4) is 0 Å². The number of nitrogens with zero attached hydrogens (tertiary/aromatic N) is 5. The van der Waals surface area contributed by atoms with Crippen LogP contribution in [-0.4, -0.2) is 37.6 Å². The van der Waals surface area contributed by atoms with Gasteiger partial charge in [-0.2, -0.15) is 5.10 Å². The lowest BCUT2D eigenvalue weighted by molar-refractivity contribution is 0.101. The summed E-state index contributed by atoms with van der Waals surface area (Å²) in [5, 5.41) is 10.8. The van der Waals surface area contributed by atoms with Crippen molar-refractivity contribution in [1.29, 1.82) is 0 Å². The average molecular weight is 330 g/mol. The Morgan fingerprint density at radius 3 is 2.96 bits per heavy atom. The number of anilines is 1. The topological polar surface area (TPSA) is 86.9 Å². The van der Waals surface area contributed by atoms with Gasteiger partial charge in [0, 0.05) is 13.3 Å². The molecule has 0 spiro atoms. The molecule has 0 bridgehead atoms. The van der Waals surface area contributed by atoms with Gasteiger partial charge in [0.05, 0.1) is 6.54 Å². The van der Waals surface area contributed by atoms with Crippen molar-refractivity contribution < 1.29 is 13.9 Å². The summed E-state index contributed by atoms with van der Waals surface area (Å²) in [6.07, 6.45) is 3.10. The van der Waals surface area contributed by atoms with E-state index in [1.807, 2.05) is 0 Å². The molecule has 0 aliphatic rings. The van der Waals surface area contributed by atoms with Crippen LogP contribution in [0, 0.1) is 5.82 Å². The lowest BCUT2D eigenvalue weighted by Crippen LogP contribution is -2.15. The molecule has 8 nitrogen and oxygen atoms in total. The van der Waals surface area contributed by atoms with Crippen molar-refractivity contribution >= 4 is 11.9 Å². The van der Waals surface area contributed by atoms with Crippen molar-refractivity contribution in [3.05, 3.63) is 59.9 Å². The summed E-state index contributed by atoms with van der Waals surface area (Å²) >= 11 is 0. The van der Waals surface area contributed by atoms with Gasteiger partial charge in [-0.05, 0) is 23.8 Å². The molecule has 0 saturated heterocycles. The minimum absolute atomic E-state index is 0.151. The fourth-order valence-electron chi connectivity index (χ4n) is 2.10. The van der Waals surface area contributed by atoms with E-state index in [0.717, 1.165) is 5.56 Å². The Morgan fingerprint density at radius 1 is 1.29 bits per heavy atom. The molecular weight excluding hydrogens is 315 g/mol. The highest BCUT2D eigenvalue weighted by atomic mass is 19.1. The predicted molar refractivity (Wildman–Crippen MR) is 82.7 cm³/mol. The predicted octanol–water partition coefficient (Wildman–Crippen LogP) is 1.52. The van der Waals surface area contributed by atoms with Gasteiger partial charge in [-0.25, -0.2) is 18.7 Å². The first-order valence-corrected chi connectivity index (χ1v) is 7.11. The van der Waals surface area contributed by atoms with E-state index in [0.29, 0.717) is 6.54 Å². The molecule has 0 atom stereocenters. The Morgan fingerprint density at radius 2 is 2.17 bits per heavy atom. The number of rotatable bonds is 6. The van der Waals surface area contributed by atoms with Gasteiger partial charge in [-0.15, -0.1) is 5.10 Å². The molecule has 1 N–H and O–H groups in total. The van der Waals surface area contributed by atoms with Crippen molar-refractivity contribution in [3.8, 4) is 0 Å². The number of hydrogen-bond donors (Lipinski definition) is 1. The number of aromatic nitrogens is 5. The van der Waals surface area contributed by atoms with Gasteiger partial charge in [0.2, 0.25) is 5.95 Å². The van der Waals surface area contributed by atoms with Gasteiger partial charge in [-0.1, -0.05) is 12.1 Å². The van der Waals surface area contributed by atoms with Crippen LogP contribution in [0.2, 0.25) is 0 Å². The summed E-state index contributed by atoms with van der Waals surface area (Å²) < 4.78 is 21.1. The summed E-state index contributed by atoms with van der Waals surface area (Å²) in [5.41, 5.74) is 0.976. The molecule has 1 amide bonds. The zero-order valence-corrected chi connectivity index (χ0v) is 12.9. The van der Waals surface area contributed by atoms with E-state index in [9.17, 15) is 9.18 Å². The third-order valence-electron chi connectivity index (χ3n) is 3.13. The van der Waals surface area contributed by atoms with Gasteiger partial charge in [-0.3, -0.25) is 10.1 Å². The normalized spacial score (nSPS) is 10.8. The zero-order chi connectivity index (χ0) is 16.9. The average Bonchev–Trinajstić information content (AvgIpc) is 3.17. The first-order chi connectivity index (χ1) is 11.6. The summed E-state index contributed by atoms with van der Waals surface area (Å²) in [6, 6.07) is 7.77. The molecule has 2 heterocycles. The van der Waals surface area contributed by atoms with E-state index in [4.69, 9.17) is 4.74 Å². The molecule has 9 heteroatoms. The number of methoxy groups -OCH3 is 1. The van der Waals surface area contributed by atoms with E-state index in [-0.39, 0.29) is 24.2 Å². The van der Waals surface area contributed by atoms with Gasteiger partial charge in [0.1, 0.15) is 18.9 Å². The molecule has 3 rings (SSSR count). The number of amides is 1. The Hall–Kier alpha value is -3.07. The van der Waals surface area contributed by atoms with E-state index >= 15 is 0 Å². The Balaban J connectivity index is 1.63. The first kappa shape index (κ1) is 15.8. The SMILES string of the molecule is COCn1ccc(C(=O)Nc2ncn(Cc3cccc(F)c3)n2)n1. The van der Waals surface area contributed by atoms with E-state index in [1.54, 1.807) is 24.4 Å². The molecule has 0 unspecified atom stereocenters. The zero-order valence-electron chi connectivity index (χ0n) is 12.9. The van der Waals surface area contributed by atoms with Gasteiger partial charge in [0.25, 0.3) is 5.91 Å². The summed E-state index contributed by atoms with van der Waals surface area (Å²) in [6.45, 7) is 0.608. The fraction of sp³-hybridized carbons (Fsp3) is 0.200. The third-order valence-corrected chi connectivity index (χ3v) is 3.13. The van der Waals surface area contributed by atoms with Crippen molar-refractivity contribution in [2.75, 3.05) is 12.4 Å². The molecule has 2 aromatic heterocycles. The number of ether oxygens (including phenoxy) is 1. The number of carbonyl (C=O) groups excluding carboxylic acids is 1. The maximum absolute atomic E-state index is 13.2. The summed E-state index contributed by atoms with van der Waals surface area (Å²) in [7, 11) is 1.54. The van der Waals surface area contributed by atoms with Crippen molar-refractivity contribution in [1.82, 2.24) is 24.5 Å². The highest BCUT2D eigenvalue weighted by molar-refractivity contribution is 6.01. The molecule has 0 radical (unpaired) electrons. The first-order valence-electron chi connectivity index (χ1n) is 7.11. The van der Waals surface area contributed by atoms with E-state index < -0.39 is 5.91 Å². The van der Waals surface area contributed by atoms with Gasteiger partial charge < -0.3 is 4.74 Å². The van der Waals surface area contributed by atoms with Crippen molar-refractivity contribution in [3.63, 3.8) is 0 Å². The van der Waals surface area contributed by atoms with Crippen LogP contribution in [0.5, 0.6) is 0 Å². The van der Waals surface area contributed by atoms with Gasteiger partial charge >= 0.3 is 0 Å². The molecule has 24 heavy (non-hydrogen) atoms. The lowest BCUT2D eigenvalue weighted by Gasteiger charge is -2.01. The number of nitrogens with one attached hydrogen (secondary N) is 1. The second kappa shape index (κ2) is 7.01. The van der Waals surface area contributed by atoms with Crippen LogP contribution in [-0.2, 0) is 18.0 Å². The number of halogens is 1. The summed E-state index contributed by atoms with van der Waals surface area (Å²) in [5.74, 6) is -0.584. The van der Waals surface area contributed by atoms with Crippen LogP contribution in [0.1, 0.15) is 16.1 Å². The minimum Gasteiger partial charge on any atom is -0.362 e. The molecule has 124 valence electrons. The van der Waals surface area contributed by atoms with Crippen LogP contribution >= 0.6 is 0 Å². The number of benzene rings is 1. The molecule has 1 aromatic carbocycles. The third kappa shape index (κ3) is 3.82. The smallest absolute Gasteiger partial charge is 0.278 e. The van der Waals surface area contributed by atoms with Gasteiger partial charge in [0.15, 0.2) is 5.69 Å². The molecule has 0 aliphatic carbocycles. The fourth-order valence-corrected chi connectivity index (χ4v) is 2.10. The molecule has 0 aliphatic heterocycles. The van der Waals surface area contributed by atoms with Crippen molar-refractivity contribution in [2.24, 2.45) is 0 Å². The van der Waals surface area contributed by atoms with Crippen LogP contribution in [0.15, 0.2) is 42.9 Å². The Labute approximate surface area is 136 Å². The summed E-state index contributed by atoms with van der Waals surface area (Å²) in [4.78, 5) is 16.1. The van der Waals surface area contributed by atoms with Crippen molar-refractivity contribution in [2.45, 2.75) is 13.3 Å². The molecule has 0 saturated carbocycles. The highest BCUT2D eigenvalue weighted by Crippen LogP contribution is 2.07. The second-order valence-corrected chi connectivity index (χ2v) is 5.01. The quantitative estimate of drug-likeness (QED) is 0.740. The lowest BCUT2D eigenvalue weighted by atomic mass is 10.2. The second-order valence-electron chi connectivity index (χ2n) is 5.01. The minimum atomic E-state index is -0.423. The monoisotopic (exact) mass is 330 g/mol. The highest BCUT2D eigenvalue weighted by Gasteiger charge is 2.12. The number of hydrogen-bond acceptors (Lipinski definition) is 5. The number of carbonyl (C=O) groups is 1. The molecular formula is C15H15FN6O2. The Kier molecular flexibility index (Phi) is 4.62. The maximum Gasteiger partial charge on any atom is 0.278 e. The Bertz CT molecular complexity index is 844. The molecule has 3 aromatic rings. The van der Waals surface area contributed by atoms with Crippen LogP contribution in [0.4, 0.5) is 10.3 Å². The van der Waals surface area contributed by atoms with E-state index in [1.165, 1.54) is 34.9 Å². The van der Waals surface area contributed by atoms with E-state index in [2.05, 4.69) is 20.5 Å². The van der Waals surface area contributed by atoms with Crippen LogP contribution < -0.4 is 5.32 Å². The standard InChI is InChI=1S/C15H15FN6O2/c1-24-10-21-6-5-13(19-21)14(23)18-15-17-9-22(20-15)8-11-3-2-4-12(16)7-11/h2-7,9H,8,10H2,1H3,(H,18,20,23). The molecule has 0 fully saturated rings. The largest absolute Gasteiger partial charge is 0.362 e.